The van der Waals surface area contributed by atoms with Crippen LogP contribution in [0.5, 0.6) is 0 Å². The van der Waals surface area contributed by atoms with Gasteiger partial charge in [-0.05, 0) is 69.1 Å². The van der Waals surface area contributed by atoms with E-state index in [1.54, 1.807) is 6.92 Å². The molecule has 2 saturated carbocycles. The van der Waals surface area contributed by atoms with Gasteiger partial charge in [0, 0.05) is 6.42 Å². The van der Waals surface area contributed by atoms with Gasteiger partial charge in [-0.1, -0.05) is 32.6 Å². The van der Waals surface area contributed by atoms with E-state index in [9.17, 15) is 13.6 Å². The molecule has 0 aromatic heterocycles. The molecule has 2 nitrogen and oxygen atoms in total. The lowest BCUT2D eigenvalue weighted by Crippen LogP contribution is -2.35. The van der Waals surface area contributed by atoms with Gasteiger partial charge in [0.2, 0.25) is 0 Å². The van der Waals surface area contributed by atoms with Gasteiger partial charge in [-0.15, -0.1) is 0 Å². The molecule has 2 aliphatic carbocycles. The SMILES string of the molecule is CCCC1CCC(C2CCC(CC(F)(F)C(=O)OCC)CC2)CC1. The van der Waals surface area contributed by atoms with E-state index in [-0.39, 0.29) is 18.9 Å². The molecule has 0 aromatic carbocycles. The molecule has 2 rings (SSSR count). The van der Waals surface area contributed by atoms with Crippen molar-refractivity contribution in [3.05, 3.63) is 0 Å². The predicted octanol–water partition coefficient (Wildman–Crippen LogP) is 5.99. The van der Waals surface area contributed by atoms with Crippen LogP contribution in [0, 0.1) is 23.7 Å². The van der Waals surface area contributed by atoms with Crippen LogP contribution in [0.3, 0.4) is 0 Å². The molecule has 24 heavy (non-hydrogen) atoms. The van der Waals surface area contributed by atoms with Crippen molar-refractivity contribution < 1.29 is 18.3 Å². The van der Waals surface area contributed by atoms with Crippen molar-refractivity contribution in [1.82, 2.24) is 0 Å². The van der Waals surface area contributed by atoms with Crippen molar-refractivity contribution in [3.8, 4) is 0 Å². The number of hydrogen-bond donors (Lipinski definition) is 0. The molecule has 0 bridgehead atoms. The summed E-state index contributed by atoms with van der Waals surface area (Å²) in [5.41, 5.74) is 0. The number of carbonyl (C=O) groups is 1. The first kappa shape index (κ1) is 19.7. The number of rotatable bonds is 7. The molecular formula is C20H34F2O2. The van der Waals surface area contributed by atoms with Crippen molar-refractivity contribution in [3.63, 3.8) is 0 Å². The van der Waals surface area contributed by atoms with Crippen LogP contribution in [0.2, 0.25) is 0 Å². The second-order valence-corrected chi connectivity index (χ2v) is 7.98. The molecule has 0 saturated heterocycles. The number of ether oxygens (including phenoxy) is 1. The number of carbonyl (C=O) groups excluding carboxylic acids is 1. The third kappa shape index (κ3) is 5.42. The molecule has 2 aliphatic rings. The summed E-state index contributed by atoms with van der Waals surface area (Å²) in [6.07, 6.45) is 11.5. The maximum absolute atomic E-state index is 13.9. The van der Waals surface area contributed by atoms with Crippen LogP contribution in [-0.4, -0.2) is 18.5 Å². The minimum Gasteiger partial charge on any atom is -0.462 e. The quantitative estimate of drug-likeness (QED) is 0.530. The zero-order valence-corrected chi connectivity index (χ0v) is 15.4. The molecule has 0 unspecified atom stereocenters. The Morgan fingerprint density at radius 3 is 1.88 bits per heavy atom. The minimum absolute atomic E-state index is 0.0157. The monoisotopic (exact) mass is 344 g/mol. The molecule has 0 aliphatic heterocycles. The van der Waals surface area contributed by atoms with Gasteiger partial charge in [0.15, 0.2) is 0 Å². The minimum atomic E-state index is -3.31. The average molecular weight is 344 g/mol. The summed E-state index contributed by atoms with van der Waals surface area (Å²) in [7, 11) is 0. The van der Waals surface area contributed by atoms with Gasteiger partial charge < -0.3 is 4.74 Å². The fourth-order valence-corrected chi connectivity index (χ4v) is 4.90. The Bertz CT molecular complexity index is 381. The molecule has 0 amide bonds. The Morgan fingerprint density at radius 1 is 0.917 bits per heavy atom. The Morgan fingerprint density at radius 2 is 1.42 bits per heavy atom. The summed E-state index contributed by atoms with van der Waals surface area (Å²) in [5, 5.41) is 0. The van der Waals surface area contributed by atoms with Gasteiger partial charge in [0.25, 0.3) is 0 Å². The number of esters is 1. The van der Waals surface area contributed by atoms with E-state index in [1.165, 1.54) is 38.5 Å². The second kappa shape index (κ2) is 9.15. The van der Waals surface area contributed by atoms with Crippen molar-refractivity contribution in [2.45, 2.75) is 90.4 Å². The molecule has 0 spiro atoms. The van der Waals surface area contributed by atoms with Gasteiger partial charge in [-0.2, -0.15) is 8.78 Å². The lowest BCUT2D eigenvalue weighted by Gasteiger charge is -2.38. The van der Waals surface area contributed by atoms with Crippen molar-refractivity contribution in [2.75, 3.05) is 6.61 Å². The molecule has 4 heteroatoms. The first-order valence-corrected chi connectivity index (χ1v) is 10.0. The zero-order valence-electron chi connectivity index (χ0n) is 15.4. The summed E-state index contributed by atoms with van der Waals surface area (Å²) < 4.78 is 32.3. The number of hydrogen-bond acceptors (Lipinski definition) is 2. The fourth-order valence-electron chi connectivity index (χ4n) is 4.90. The van der Waals surface area contributed by atoms with E-state index in [0.717, 1.165) is 43.4 Å². The molecule has 140 valence electrons. The van der Waals surface area contributed by atoms with E-state index < -0.39 is 11.9 Å². The highest BCUT2D eigenvalue weighted by Gasteiger charge is 2.43. The summed E-state index contributed by atoms with van der Waals surface area (Å²) in [6.45, 7) is 3.84. The van der Waals surface area contributed by atoms with E-state index >= 15 is 0 Å². The van der Waals surface area contributed by atoms with E-state index in [4.69, 9.17) is 0 Å². The average Bonchev–Trinajstić information content (AvgIpc) is 2.56. The molecule has 0 radical (unpaired) electrons. The smallest absolute Gasteiger partial charge is 0.376 e. The van der Waals surface area contributed by atoms with Crippen LogP contribution < -0.4 is 0 Å². The highest BCUT2D eigenvalue weighted by atomic mass is 19.3. The van der Waals surface area contributed by atoms with Crippen molar-refractivity contribution in [2.24, 2.45) is 23.7 Å². The molecule has 2 fully saturated rings. The lowest BCUT2D eigenvalue weighted by atomic mass is 9.68. The maximum Gasteiger partial charge on any atom is 0.376 e. The third-order valence-electron chi connectivity index (χ3n) is 6.27. The number of halogens is 2. The normalized spacial score (nSPS) is 31.7. The summed E-state index contributed by atoms with van der Waals surface area (Å²) in [4.78, 5) is 11.4. The summed E-state index contributed by atoms with van der Waals surface area (Å²) in [5.74, 6) is -2.24. The van der Waals surface area contributed by atoms with Gasteiger partial charge in [0.1, 0.15) is 0 Å². The Kier molecular flexibility index (Phi) is 7.49. The van der Waals surface area contributed by atoms with Crippen LogP contribution in [0.15, 0.2) is 0 Å². The topological polar surface area (TPSA) is 26.3 Å². The highest BCUT2D eigenvalue weighted by molar-refractivity contribution is 5.77. The van der Waals surface area contributed by atoms with Crippen molar-refractivity contribution >= 4 is 5.97 Å². The number of alkyl halides is 2. The van der Waals surface area contributed by atoms with E-state index in [0.29, 0.717) is 0 Å². The molecule has 0 N–H and O–H groups in total. The Balaban J connectivity index is 1.73. The third-order valence-corrected chi connectivity index (χ3v) is 6.27. The van der Waals surface area contributed by atoms with Crippen molar-refractivity contribution in [1.29, 1.82) is 0 Å². The molecular weight excluding hydrogens is 310 g/mol. The fraction of sp³-hybridized carbons (Fsp3) is 0.950. The Hall–Kier alpha value is -0.670. The van der Waals surface area contributed by atoms with Gasteiger partial charge in [-0.3, -0.25) is 0 Å². The van der Waals surface area contributed by atoms with Gasteiger partial charge in [0.05, 0.1) is 6.61 Å². The summed E-state index contributed by atoms with van der Waals surface area (Å²) >= 11 is 0. The summed E-state index contributed by atoms with van der Waals surface area (Å²) in [6, 6.07) is 0. The van der Waals surface area contributed by atoms with E-state index in [2.05, 4.69) is 11.7 Å². The van der Waals surface area contributed by atoms with Crippen LogP contribution in [-0.2, 0) is 9.53 Å². The molecule has 0 aromatic rings. The second-order valence-electron chi connectivity index (χ2n) is 7.98. The maximum atomic E-state index is 13.9. The highest BCUT2D eigenvalue weighted by Crippen LogP contribution is 2.44. The lowest BCUT2D eigenvalue weighted by molar-refractivity contribution is -0.174. The van der Waals surface area contributed by atoms with Crippen LogP contribution in [0.4, 0.5) is 8.78 Å². The first-order valence-electron chi connectivity index (χ1n) is 10.0. The predicted molar refractivity (Wildman–Crippen MR) is 92.0 cm³/mol. The van der Waals surface area contributed by atoms with Gasteiger partial charge >= 0.3 is 11.9 Å². The largest absolute Gasteiger partial charge is 0.462 e. The van der Waals surface area contributed by atoms with E-state index in [1.807, 2.05) is 0 Å². The molecule has 0 atom stereocenters. The standard InChI is InChI=1S/C20H34F2O2/c1-3-5-15-6-10-17(11-7-15)18-12-8-16(9-13-18)14-20(21,22)19(23)24-4-2/h15-18H,3-14H2,1-2H3. The van der Waals surface area contributed by atoms with Crippen LogP contribution in [0.25, 0.3) is 0 Å². The molecule has 0 heterocycles. The van der Waals surface area contributed by atoms with Crippen LogP contribution in [0.1, 0.15) is 84.5 Å². The first-order chi connectivity index (χ1) is 11.5. The Labute approximate surface area is 145 Å². The van der Waals surface area contributed by atoms with Crippen LogP contribution >= 0.6 is 0 Å². The van der Waals surface area contributed by atoms with Gasteiger partial charge in [-0.25, -0.2) is 4.79 Å². The zero-order chi connectivity index (χ0) is 17.6.